The minimum atomic E-state index is 0.292. The van der Waals surface area contributed by atoms with E-state index in [-0.39, 0.29) is 0 Å². The highest BCUT2D eigenvalue weighted by atomic mass is 35.5. The third kappa shape index (κ3) is 4.70. The lowest BCUT2D eigenvalue weighted by Gasteiger charge is -2.32. The molecule has 21 heavy (non-hydrogen) atoms. The van der Waals surface area contributed by atoms with Gasteiger partial charge in [-0.25, -0.2) is 0 Å². The van der Waals surface area contributed by atoms with E-state index >= 15 is 0 Å². The number of thiophene rings is 1. The fraction of sp³-hybridized carbons (Fsp3) is 0.688. The van der Waals surface area contributed by atoms with E-state index in [1.807, 2.05) is 16.3 Å². The van der Waals surface area contributed by atoms with Crippen LogP contribution in [0.15, 0.2) is 11.4 Å². The Kier molecular flexibility index (Phi) is 5.19. The van der Waals surface area contributed by atoms with E-state index in [1.54, 1.807) is 11.3 Å². The van der Waals surface area contributed by atoms with Crippen molar-refractivity contribution in [1.82, 2.24) is 10.2 Å². The van der Waals surface area contributed by atoms with Crippen molar-refractivity contribution >= 4 is 28.8 Å². The van der Waals surface area contributed by atoms with E-state index in [0.29, 0.717) is 18.4 Å². The van der Waals surface area contributed by atoms with Gasteiger partial charge in [0.25, 0.3) is 0 Å². The third-order valence-corrected chi connectivity index (χ3v) is 5.79. The van der Waals surface area contributed by atoms with E-state index in [9.17, 15) is 4.79 Å². The predicted octanol–water partition coefficient (Wildman–Crippen LogP) is 3.32. The number of piperidine rings is 1. The van der Waals surface area contributed by atoms with Crippen molar-refractivity contribution in [3.05, 3.63) is 21.3 Å². The van der Waals surface area contributed by atoms with Crippen LogP contribution in [-0.4, -0.2) is 36.5 Å². The standard InChI is InChI=1S/C16H23ClN2OS/c17-13-9-15(21-11-13)3-4-16(20)19-7-5-14(6-8-19)18-10-12-1-2-12/h9,11-12,14,18H,1-8,10H2. The zero-order valence-electron chi connectivity index (χ0n) is 12.3. The zero-order valence-corrected chi connectivity index (χ0v) is 13.9. The van der Waals surface area contributed by atoms with Crippen LogP contribution in [0.25, 0.3) is 0 Å². The summed E-state index contributed by atoms with van der Waals surface area (Å²) in [5.41, 5.74) is 0. The minimum absolute atomic E-state index is 0.292. The molecule has 0 atom stereocenters. The summed E-state index contributed by atoms with van der Waals surface area (Å²) in [6, 6.07) is 2.58. The number of carbonyl (C=O) groups excluding carboxylic acids is 1. The largest absolute Gasteiger partial charge is 0.343 e. The van der Waals surface area contributed by atoms with Gasteiger partial charge < -0.3 is 10.2 Å². The number of halogens is 1. The maximum absolute atomic E-state index is 12.2. The lowest BCUT2D eigenvalue weighted by molar-refractivity contribution is -0.132. The van der Waals surface area contributed by atoms with Crippen molar-refractivity contribution in [2.45, 2.75) is 44.6 Å². The van der Waals surface area contributed by atoms with Crippen LogP contribution in [0.4, 0.5) is 0 Å². The smallest absolute Gasteiger partial charge is 0.222 e. The SMILES string of the molecule is O=C(CCc1cc(Cl)cs1)N1CCC(NCC2CC2)CC1. The molecule has 1 amide bonds. The molecule has 0 spiro atoms. The van der Waals surface area contributed by atoms with Crippen LogP contribution in [0.1, 0.15) is 37.0 Å². The number of likely N-dealkylation sites (tertiary alicyclic amines) is 1. The molecule has 0 aromatic carbocycles. The van der Waals surface area contributed by atoms with Crippen molar-refractivity contribution in [3.8, 4) is 0 Å². The molecule has 5 heteroatoms. The number of carbonyl (C=O) groups is 1. The zero-order chi connectivity index (χ0) is 14.7. The second-order valence-electron chi connectivity index (χ2n) is 6.24. The van der Waals surface area contributed by atoms with Crippen LogP contribution in [0.3, 0.4) is 0 Å². The van der Waals surface area contributed by atoms with Gasteiger partial charge in [0.2, 0.25) is 5.91 Å². The van der Waals surface area contributed by atoms with Gasteiger partial charge in [-0.2, -0.15) is 0 Å². The fourth-order valence-corrected chi connectivity index (χ4v) is 3.94. The fourth-order valence-electron chi connectivity index (χ4n) is 2.86. The van der Waals surface area contributed by atoms with Gasteiger partial charge in [-0.05, 0) is 50.6 Å². The molecular weight excluding hydrogens is 304 g/mol. The number of nitrogens with zero attached hydrogens (tertiary/aromatic N) is 1. The number of nitrogens with one attached hydrogen (secondary N) is 1. The van der Waals surface area contributed by atoms with Crippen molar-refractivity contribution < 1.29 is 4.79 Å². The summed E-state index contributed by atoms with van der Waals surface area (Å²) < 4.78 is 0. The Hall–Kier alpha value is -0.580. The molecule has 3 nitrogen and oxygen atoms in total. The molecule has 2 heterocycles. The Morgan fingerprint density at radius 1 is 1.33 bits per heavy atom. The van der Waals surface area contributed by atoms with Crippen LogP contribution < -0.4 is 5.32 Å². The minimum Gasteiger partial charge on any atom is -0.343 e. The van der Waals surface area contributed by atoms with Gasteiger partial charge in [0.1, 0.15) is 0 Å². The quantitative estimate of drug-likeness (QED) is 0.869. The van der Waals surface area contributed by atoms with Crippen molar-refractivity contribution in [3.63, 3.8) is 0 Å². The average molecular weight is 327 g/mol. The van der Waals surface area contributed by atoms with Gasteiger partial charge in [0.05, 0.1) is 5.02 Å². The number of hydrogen-bond donors (Lipinski definition) is 1. The lowest BCUT2D eigenvalue weighted by atomic mass is 10.0. The third-order valence-electron chi connectivity index (χ3n) is 4.45. The Bertz CT molecular complexity index is 478. The second kappa shape index (κ2) is 7.12. The Balaban J connectivity index is 1.35. The molecule has 2 fully saturated rings. The van der Waals surface area contributed by atoms with Crippen LogP contribution >= 0.6 is 22.9 Å². The summed E-state index contributed by atoms with van der Waals surface area (Å²) in [6.07, 6.45) is 6.42. The molecular formula is C16H23ClN2OS. The van der Waals surface area contributed by atoms with Crippen molar-refractivity contribution in [2.75, 3.05) is 19.6 Å². The molecule has 0 bridgehead atoms. The molecule has 1 aliphatic carbocycles. The van der Waals surface area contributed by atoms with Crippen molar-refractivity contribution in [2.24, 2.45) is 5.92 Å². The van der Waals surface area contributed by atoms with E-state index in [2.05, 4.69) is 5.32 Å². The molecule has 3 rings (SSSR count). The summed E-state index contributed by atoms with van der Waals surface area (Å²) in [5.74, 6) is 1.22. The maximum atomic E-state index is 12.2. The second-order valence-corrected chi connectivity index (χ2v) is 7.67. The van der Waals surface area contributed by atoms with Gasteiger partial charge in [0.15, 0.2) is 0 Å². The summed E-state index contributed by atoms with van der Waals surface area (Å²) in [7, 11) is 0. The van der Waals surface area contributed by atoms with Crippen LogP contribution in [-0.2, 0) is 11.2 Å². The van der Waals surface area contributed by atoms with E-state index in [1.165, 1.54) is 24.3 Å². The Labute approximate surface area is 135 Å². The normalized spacial score (nSPS) is 20.0. The summed E-state index contributed by atoms with van der Waals surface area (Å²) in [6.45, 7) is 3.00. The van der Waals surface area contributed by atoms with Gasteiger partial charge in [-0.15, -0.1) is 11.3 Å². The van der Waals surface area contributed by atoms with Gasteiger partial charge >= 0.3 is 0 Å². The number of amides is 1. The maximum Gasteiger partial charge on any atom is 0.222 e. The molecule has 1 aromatic rings. The van der Waals surface area contributed by atoms with Gasteiger partial charge in [0, 0.05) is 35.8 Å². The summed E-state index contributed by atoms with van der Waals surface area (Å²) >= 11 is 7.55. The number of hydrogen-bond acceptors (Lipinski definition) is 3. The monoisotopic (exact) mass is 326 g/mol. The number of rotatable bonds is 6. The van der Waals surface area contributed by atoms with E-state index in [0.717, 1.165) is 43.3 Å². The van der Waals surface area contributed by atoms with Gasteiger partial charge in [-0.3, -0.25) is 4.79 Å². The first-order valence-electron chi connectivity index (χ1n) is 7.95. The first-order chi connectivity index (χ1) is 10.2. The molecule has 1 N–H and O–H groups in total. The predicted molar refractivity (Wildman–Crippen MR) is 88.0 cm³/mol. The van der Waals surface area contributed by atoms with E-state index < -0.39 is 0 Å². The molecule has 1 saturated carbocycles. The lowest BCUT2D eigenvalue weighted by Crippen LogP contribution is -2.45. The van der Waals surface area contributed by atoms with Crippen molar-refractivity contribution in [1.29, 1.82) is 0 Å². The highest BCUT2D eigenvalue weighted by Crippen LogP contribution is 2.28. The highest BCUT2D eigenvalue weighted by molar-refractivity contribution is 7.10. The molecule has 1 aromatic heterocycles. The molecule has 2 aliphatic rings. The van der Waals surface area contributed by atoms with E-state index in [4.69, 9.17) is 11.6 Å². The van der Waals surface area contributed by atoms with Gasteiger partial charge in [-0.1, -0.05) is 11.6 Å². The number of aryl methyl sites for hydroxylation is 1. The Morgan fingerprint density at radius 3 is 2.71 bits per heavy atom. The molecule has 116 valence electrons. The molecule has 0 radical (unpaired) electrons. The Morgan fingerprint density at radius 2 is 2.10 bits per heavy atom. The molecule has 1 aliphatic heterocycles. The molecule has 0 unspecified atom stereocenters. The van der Waals surface area contributed by atoms with Crippen LogP contribution in [0.2, 0.25) is 5.02 Å². The summed E-state index contributed by atoms with van der Waals surface area (Å²) in [4.78, 5) is 15.5. The van der Waals surface area contributed by atoms with Crippen LogP contribution in [0.5, 0.6) is 0 Å². The summed E-state index contributed by atoms with van der Waals surface area (Å²) in [5, 5.41) is 6.36. The first-order valence-corrected chi connectivity index (χ1v) is 9.20. The molecule has 1 saturated heterocycles. The average Bonchev–Trinajstić information content (AvgIpc) is 3.24. The van der Waals surface area contributed by atoms with Crippen LogP contribution in [0, 0.1) is 5.92 Å². The first kappa shape index (κ1) is 15.3. The highest BCUT2D eigenvalue weighted by Gasteiger charge is 2.25. The topological polar surface area (TPSA) is 32.3 Å².